The van der Waals surface area contributed by atoms with Gasteiger partial charge in [0.15, 0.2) is 28.6 Å². The van der Waals surface area contributed by atoms with Crippen LogP contribution in [0.4, 0.5) is 0 Å². The third-order valence-electron chi connectivity index (χ3n) is 6.27. The van der Waals surface area contributed by atoms with Crippen LogP contribution in [0.2, 0.25) is 0 Å². The Morgan fingerprint density at radius 3 is 2.37 bits per heavy atom. The van der Waals surface area contributed by atoms with Crippen LogP contribution in [-0.4, -0.2) is 68.8 Å². The molecule has 12 heteroatoms. The minimum Gasteiger partial charge on any atom is -0.507 e. The molecule has 1 N–H and O–H groups in total. The zero-order valence-corrected chi connectivity index (χ0v) is 21.1. The van der Waals surface area contributed by atoms with E-state index in [-0.39, 0.29) is 40.6 Å². The molecule has 4 aromatic rings. The number of hydrogen-bond acceptors (Lipinski definition) is 12. The van der Waals surface area contributed by atoms with Crippen LogP contribution in [0.1, 0.15) is 5.69 Å². The average Bonchev–Trinajstić information content (AvgIpc) is 3.30. The molecule has 1 fully saturated rings. The molecule has 1 aliphatic heterocycles. The van der Waals surface area contributed by atoms with Crippen molar-refractivity contribution in [2.45, 2.75) is 6.92 Å². The van der Waals surface area contributed by atoms with Crippen molar-refractivity contribution in [3.05, 3.63) is 50.8 Å². The number of ether oxygens (including phenoxy) is 4. The van der Waals surface area contributed by atoms with E-state index >= 15 is 0 Å². The molecule has 200 valence electrons. The van der Waals surface area contributed by atoms with Gasteiger partial charge in [-0.2, -0.15) is 0 Å². The van der Waals surface area contributed by atoms with Crippen LogP contribution in [-0.2, 0) is 4.74 Å². The Hall–Kier alpha value is -4.29. The van der Waals surface area contributed by atoms with Crippen molar-refractivity contribution < 1.29 is 37.4 Å². The van der Waals surface area contributed by atoms with Crippen molar-refractivity contribution in [3.8, 4) is 45.4 Å². The Morgan fingerprint density at radius 2 is 1.66 bits per heavy atom. The van der Waals surface area contributed by atoms with Gasteiger partial charge in [0.1, 0.15) is 17.9 Å². The Morgan fingerprint density at radius 1 is 0.947 bits per heavy atom. The molecule has 0 spiro atoms. The number of aromatic nitrogens is 1. The highest BCUT2D eigenvalue weighted by Crippen LogP contribution is 2.46. The smallest absolute Gasteiger partial charge is 0.423 e. The van der Waals surface area contributed by atoms with Gasteiger partial charge in [-0.15, -0.1) is 0 Å². The third-order valence-corrected chi connectivity index (χ3v) is 6.27. The van der Waals surface area contributed by atoms with Gasteiger partial charge in [-0.1, -0.05) is 11.2 Å². The fraction of sp³-hybridized carbons (Fsp3) is 0.346. The molecule has 0 atom stereocenters. The number of morpholine rings is 1. The second-order valence-corrected chi connectivity index (χ2v) is 8.55. The minimum absolute atomic E-state index is 0.0215. The standard InChI is InChI=1S/C26H26N2O10/c1-14-20(15-4-5-17(32-2)18(12-15)33-3)23(38-27-14)21-16(29)13-19(22-24(21)37-26(31)25(30)36-22)35-11-8-28-6-9-34-10-7-28/h4-5,12-13,29H,6-11H2,1-3H3. The van der Waals surface area contributed by atoms with Crippen LogP contribution in [0.5, 0.6) is 23.0 Å². The van der Waals surface area contributed by atoms with Gasteiger partial charge in [0.05, 0.1) is 38.7 Å². The lowest BCUT2D eigenvalue weighted by atomic mass is 9.98. The lowest BCUT2D eigenvalue weighted by Gasteiger charge is -2.26. The van der Waals surface area contributed by atoms with Gasteiger partial charge in [-0.05, 0) is 24.6 Å². The summed E-state index contributed by atoms with van der Waals surface area (Å²) < 4.78 is 38.1. The summed E-state index contributed by atoms with van der Waals surface area (Å²) >= 11 is 0. The molecule has 5 rings (SSSR count). The van der Waals surface area contributed by atoms with E-state index in [1.807, 2.05) is 0 Å². The van der Waals surface area contributed by atoms with E-state index in [9.17, 15) is 14.7 Å². The minimum atomic E-state index is -1.24. The van der Waals surface area contributed by atoms with Crippen molar-refractivity contribution in [1.29, 1.82) is 0 Å². The number of benzene rings is 2. The Balaban J connectivity index is 1.61. The summed E-state index contributed by atoms with van der Waals surface area (Å²) in [6.45, 7) is 5.34. The molecular formula is C26H26N2O10. The van der Waals surface area contributed by atoms with Gasteiger partial charge in [-0.3, -0.25) is 4.90 Å². The summed E-state index contributed by atoms with van der Waals surface area (Å²) in [5, 5.41) is 15.2. The lowest BCUT2D eigenvalue weighted by molar-refractivity contribution is 0.0322. The largest absolute Gasteiger partial charge is 0.507 e. The van der Waals surface area contributed by atoms with E-state index in [1.165, 1.54) is 20.3 Å². The number of rotatable bonds is 8. The maximum atomic E-state index is 12.2. The maximum absolute atomic E-state index is 12.2. The fourth-order valence-corrected chi connectivity index (χ4v) is 4.37. The molecule has 0 radical (unpaired) electrons. The first-order chi connectivity index (χ1) is 18.4. The molecule has 2 aromatic heterocycles. The van der Waals surface area contributed by atoms with E-state index < -0.39 is 11.3 Å². The summed E-state index contributed by atoms with van der Waals surface area (Å²) in [7, 11) is 3.04. The van der Waals surface area contributed by atoms with E-state index in [0.717, 1.165) is 13.1 Å². The van der Waals surface area contributed by atoms with Crippen molar-refractivity contribution in [1.82, 2.24) is 10.1 Å². The van der Waals surface area contributed by atoms with Crippen LogP contribution in [0, 0.1) is 6.92 Å². The third kappa shape index (κ3) is 4.71. The summed E-state index contributed by atoms with van der Waals surface area (Å²) in [6, 6.07) is 6.49. The van der Waals surface area contributed by atoms with Gasteiger partial charge in [0.2, 0.25) is 5.58 Å². The van der Waals surface area contributed by atoms with Gasteiger partial charge in [-0.25, -0.2) is 9.59 Å². The van der Waals surface area contributed by atoms with Crippen LogP contribution >= 0.6 is 0 Å². The molecule has 38 heavy (non-hydrogen) atoms. The maximum Gasteiger partial charge on any atom is 0.423 e. The van der Waals surface area contributed by atoms with E-state index in [1.54, 1.807) is 25.1 Å². The second-order valence-electron chi connectivity index (χ2n) is 8.55. The summed E-state index contributed by atoms with van der Waals surface area (Å²) in [5.41, 5.74) is -1.21. The van der Waals surface area contributed by atoms with Crippen LogP contribution in [0.25, 0.3) is 33.6 Å². The monoisotopic (exact) mass is 526 g/mol. The second kappa shape index (κ2) is 10.6. The fourth-order valence-electron chi connectivity index (χ4n) is 4.37. The molecule has 2 aromatic carbocycles. The van der Waals surface area contributed by atoms with Gasteiger partial charge in [0, 0.05) is 25.7 Å². The van der Waals surface area contributed by atoms with Crippen molar-refractivity contribution in [2.75, 3.05) is 53.7 Å². The highest BCUT2D eigenvalue weighted by Gasteiger charge is 2.28. The number of nitrogens with zero attached hydrogens (tertiary/aromatic N) is 2. The molecule has 0 saturated carbocycles. The predicted molar refractivity (Wildman–Crippen MR) is 134 cm³/mol. The zero-order valence-electron chi connectivity index (χ0n) is 21.1. The Kier molecular flexibility index (Phi) is 7.07. The molecule has 12 nitrogen and oxygen atoms in total. The first-order valence-electron chi connectivity index (χ1n) is 11.9. The molecule has 0 bridgehead atoms. The molecule has 3 heterocycles. The van der Waals surface area contributed by atoms with Crippen molar-refractivity contribution >= 4 is 11.2 Å². The normalized spacial score (nSPS) is 14.1. The van der Waals surface area contributed by atoms with Crippen molar-refractivity contribution in [3.63, 3.8) is 0 Å². The van der Waals surface area contributed by atoms with Crippen LogP contribution < -0.4 is 25.5 Å². The highest BCUT2D eigenvalue weighted by atomic mass is 16.5. The van der Waals surface area contributed by atoms with Gasteiger partial charge in [0.25, 0.3) is 0 Å². The first-order valence-corrected chi connectivity index (χ1v) is 11.9. The first kappa shape index (κ1) is 25.4. The number of aromatic hydroxyl groups is 1. The predicted octanol–water partition coefficient (Wildman–Crippen LogP) is 2.81. The number of aryl methyl sites for hydroxylation is 1. The van der Waals surface area contributed by atoms with Crippen molar-refractivity contribution in [2.24, 2.45) is 0 Å². The van der Waals surface area contributed by atoms with Crippen LogP contribution in [0.15, 0.2) is 47.2 Å². The number of fused-ring (bicyclic) bond motifs is 1. The van der Waals surface area contributed by atoms with E-state index in [4.69, 9.17) is 32.3 Å². The number of hydrogen-bond donors (Lipinski definition) is 1. The summed E-state index contributed by atoms with van der Waals surface area (Å²) in [6.07, 6.45) is 0. The summed E-state index contributed by atoms with van der Waals surface area (Å²) in [4.78, 5) is 26.4. The molecular weight excluding hydrogens is 500 g/mol. The van der Waals surface area contributed by atoms with E-state index in [0.29, 0.717) is 48.1 Å². The number of phenolic OH excluding ortho intramolecular Hbond substituents is 1. The quantitative estimate of drug-likeness (QED) is 0.337. The number of phenols is 1. The van der Waals surface area contributed by atoms with Gasteiger partial charge < -0.3 is 37.4 Å². The van der Waals surface area contributed by atoms with Gasteiger partial charge >= 0.3 is 11.3 Å². The zero-order chi connectivity index (χ0) is 26.8. The molecule has 1 aliphatic rings. The SMILES string of the molecule is COc1ccc(-c2c(C)noc2-c2c(O)cc(OCCN3CCOCC3)c3oc(=O)c(=O)oc23)cc1OC. The van der Waals surface area contributed by atoms with Crippen LogP contribution in [0.3, 0.4) is 0 Å². The molecule has 0 unspecified atom stereocenters. The number of methoxy groups -OCH3 is 2. The molecule has 0 aliphatic carbocycles. The molecule has 1 saturated heterocycles. The lowest BCUT2D eigenvalue weighted by Crippen LogP contribution is -2.38. The average molecular weight is 526 g/mol. The topological polar surface area (TPSA) is 147 Å². The van der Waals surface area contributed by atoms with E-state index in [2.05, 4.69) is 10.1 Å². The Labute approximate surface area is 215 Å². The Bertz CT molecular complexity index is 1580. The summed E-state index contributed by atoms with van der Waals surface area (Å²) in [5.74, 6) is 0.792. The molecule has 0 amide bonds. The highest BCUT2D eigenvalue weighted by molar-refractivity contribution is 5.98.